The van der Waals surface area contributed by atoms with Crippen molar-refractivity contribution in [2.45, 2.75) is 6.54 Å². The molecule has 1 amide bonds. The molecule has 0 saturated carbocycles. The van der Waals surface area contributed by atoms with Crippen molar-refractivity contribution in [3.05, 3.63) is 66.0 Å². The normalized spacial score (nSPS) is 10.5. The molecule has 19 heavy (non-hydrogen) atoms. The lowest BCUT2D eigenvalue weighted by Gasteiger charge is -2.01. The standard InChI is InChI=1S/C15H14N2O2/c18-14-7-4-12(5-8-14)6-9-15(19)17-11-13-3-1-2-10-16-13/h1-10,18H,11H2,(H,17,19)/b9-6+. The van der Waals surface area contributed by atoms with Gasteiger partial charge in [-0.2, -0.15) is 0 Å². The van der Waals surface area contributed by atoms with Crippen molar-refractivity contribution >= 4 is 12.0 Å². The van der Waals surface area contributed by atoms with Crippen LogP contribution in [-0.4, -0.2) is 16.0 Å². The predicted octanol–water partition coefficient (Wildman–Crippen LogP) is 2.12. The maximum absolute atomic E-state index is 11.6. The van der Waals surface area contributed by atoms with E-state index < -0.39 is 0 Å². The van der Waals surface area contributed by atoms with Gasteiger partial charge in [-0.25, -0.2) is 0 Å². The van der Waals surface area contributed by atoms with E-state index in [4.69, 9.17) is 5.11 Å². The fraction of sp³-hybridized carbons (Fsp3) is 0.0667. The lowest BCUT2D eigenvalue weighted by molar-refractivity contribution is -0.116. The quantitative estimate of drug-likeness (QED) is 0.821. The van der Waals surface area contributed by atoms with Crippen molar-refractivity contribution in [3.8, 4) is 5.75 Å². The number of benzene rings is 1. The lowest BCUT2D eigenvalue weighted by Crippen LogP contribution is -2.20. The fourth-order valence-electron chi connectivity index (χ4n) is 1.50. The molecule has 0 aliphatic heterocycles. The van der Waals surface area contributed by atoms with E-state index in [-0.39, 0.29) is 11.7 Å². The van der Waals surface area contributed by atoms with Gasteiger partial charge in [-0.1, -0.05) is 18.2 Å². The summed E-state index contributed by atoms with van der Waals surface area (Å²) in [4.78, 5) is 15.7. The molecule has 1 aromatic heterocycles. The number of carbonyl (C=O) groups excluding carboxylic acids is 1. The van der Waals surface area contributed by atoms with Crippen LogP contribution >= 0.6 is 0 Å². The SMILES string of the molecule is O=C(/C=C/c1ccc(O)cc1)NCc1ccccn1. The first-order chi connectivity index (χ1) is 9.24. The van der Waals surface area contributed by atoms with E-state index in [1.165, 1.54) is 6.08 Å². The van der Waals surface area contributed by atoms with Crippen LogP contribution in [0, 0.1) is 0 Å². The highest BCUT2D eigenvalue weighted by Gasteiger charge is 1.97. The molecule has 0 unspecified atom stereocenters. The number of hydrogen-bond donors (Lipinski definition) is 2. The van der Waals surface area contributed by atoms with Gasteiger partial charge in [0.2, 0.25) is 5.91 Å². The van der Waals surface area contributed by atoms with Gasteiger partial charge < -0.3 is 10.4 Å². The number of phenols is 1. The van der Waals surface area contributed by atoms with Gasteiger partial charge in [0.25, 0.3) is 0 Å². The summed E-state index contributed by atoms with van der Waals surface area (Å²) in [7, 11) is 0. The Hall–Kier alpha value is -2.62. The molecule has 2 N–H and O–H groups in total. The molecule has 0 atom stereocenters. The van der Waals surface area contributed by atoms with Gasteiger partial charge in [0.1, 0.15) is 5.75 Å². The number of rotatable bonds is 4. The largest absolute Gasteiger partial charge is 0.508 e. The van der Waals surface area contributed by atoms with Gasteiger partial charge in [0.15, 0.2) is 0 Å². The van der Waals surface area contributed by atoms with Crippen LogP contribution in [0.1, 0.15) is 11.3 Å². The van der Waals surface area contributed by atoms with Crippen LogP contribution < -0.4 is 5.32 Å². The molecular formula is C15H14N2O2. The average molecular weight is 254 g/mol. The molecule has 4 nitrogen and oxygen atoms in total. The highest BCUT2D eigenvalue weighted by atomic mass is 16.3. The number of aromatic hydroxyl groups is 1. The van der Waals surface area contributed by atoms with Gasteiger partial charge in [-0.15, -0.1) is 0 Å². The fourth-order valence-corrected chi connectivity index (χ4v) is 1.50. The summed E-state index contributed by atoms with van der Waals surface area (Å²) < 4.78 is 0. The highest BCUT2D eigenvalue weighted by Crippen LogP contribution is 2.10. The average Bonchev–Trinajstić information content (AvgIpc) is 2.45. The molecule has 0 fully saturated rings. The lowest BCUT2D eigenvalue weighted by atomic mass is 10.2. The smallest absolute Gasteiger partial charge is 0.244 e. The van der Waals surface area contributed by atoms with Crippen LogP contribution in [0.25, 0.3) is 6.08 Å². The molecular weight excluding hydrogens is 240 g/mol. The van der Waals surface area contributed by atoms with E-state index >= 15 is 0 Å². The Morgan fingerprint density at radius 1 is 1.21 bits per heavy atom. The maximum atomic E-state index is 11.6. The second-order valence-electron chi connectivity index (χ2n) is 3.96. The summed E-state index contributed by atoms with van der Waals surface area (Å²) >= 11 is 0. The van der Waals surface area contributed by atoms with E-state index in [9.17, 15) is 4.79 Å². The van der Waals surface area contributed by atoms with E-state index in [0.29, 0.717) is 6.54 Å². The minimum absolute atomic E-state index is 0.182. The molecule has 0 aliphatic rings. The molecule has 2 rings (SSSR count). The zero-order valence-corrected chi connectivity index (χ0v) is 10.3. The molecule has 2 aromatic rings. The number of phenolic OH excluding ortho intramolecular Hbond substituents is 1. The molecule has 96 valence electrons. The van der Waals surface area contributed by atoms with Crippen LogP contribution in [0.2, 0.25) is 0 Å². The Kier molecular flexibility index (Phi) is 4.29. The van der Waals surface area contributed by atoms with Crippen molar-refractivity contribution in [2.24, 2.45) is 0 Å². The molecule has 0 saturated heterocycles. The summed E-state index contributed by atoms with van der Waals surface area (Å²) in [6.07, 6.45) is 4.83. The number of pyridine rings is 1. The predicted molar refractivity (Wildman–Crippen MR) is 73.2 cm³/mol. The van der Waals surface area contributed by atoms with Crippen molar-refractivity contribution < 1.29 is 9.90 Å². The molecule has 4 heteroatoms. The van der Waals surface area contributed by atoms with Gasteiger partial charge in [-0.05, 0) is 35.9 Å². The third-order valence-electron chi connectivity index (χ3n) is 2.49. The van der Waals surface area contributed by atoms with Crippen LogP contribution in [0.4, 0.5) is 0 Å². The van der Waals surface area contributed by atoms with E-state index in [0.717, 1.165) is 11.3 Å². The first kappa shape index (κ1) is 12.8. The number of amides is 1. The Labute approximate surface area is 111 Å². The minimum atomic E-state index is -0.182. The first-order valence-corrected chi connectivity index (χ1v) is 5.89. The Balaban J connectivity index is 1.86. The zero-order valence-electron chi connectivity index (χ0n) is 10.3. The number of nitrogens with zero attached hydrogens (tertiary/aromatic N) is 1. The number of hydrogen-bond acceptors (Lipinski definition) is 3. The van der Waals surface area contributed by atoms with E-state index in [1.807, 2.05) is 18.2 Å². The van der Waals surface area contributed by atoms with Crippen LogP contribution in [-0.2, 0) is 11.3 Å². The van der Waals surface area contributed by atoms with Gasteiger partial charge >= 0.3 is 0 Å². The summed E-state index contributed by atoms with van der Waals surface area (Å²) in [6.45, 7) is 0.402. The number of nitrogens with one attached hydrogen (secondary N) is 1. The molecule has 0 bridgehead atoms. The van der Waals surface area contributed by atoms with Gasteiger partial charge in [0.05, 0.1) is 12.2 Å². The van der Waals surface area contributed by atoms with Crippen LogP contribution in [0.15, 0.2) is 54.7 Å². The molecule has 1 aromatic carbocycles. The van der Waals surface area contributed by atoms with Gasteiger partial charge in [0, 0.05) is 12.3 Å². The summed E-state index contributed by atoms with van der Waals surface area (Å²) in [5.41, 5.74) is 1.67. The van der Waals surface area contributed by atoms with Crippen molar-refractivity contribution in [1.82, 2.24) is 10.3 Å². The van der Waals surface area contributed by atoms with Crippen molar-refractivity contribution in [3.63, 3.8) is 0 Å². The Morgan fingerprint density at radius 3 is 2.68 bits per heavy atom. The number of carbonyl (C=O) groups is 1. The maximum Gasteiger partial charge on any atom is 0.244 e. The second-order valence-corrected chi connectivity index (χ2v) is 3.96. The third kappa shape index (κ3) is 4.27. The highest BCUT2D eigenvalue weighted by molar-refractivity contribution is 5.91. The Morgan fingerprint density at radius 2 is 2.00 bits per heavy atom. The summed E-state index contributed by atoms with van der Waals surface area (Å²) in [5, 5.41) is 11.9. The molecule has 1 heterocycles. The monoisotopic (exact) mass is 254 g/mol. The van der Waals surface area contributed by atoms with E-state index in [2.05, 4.69) is 10.3 Å². The van der Waals surface area contributed by atoms with Gasteiger partial charge in [-0.3, -0.25) is 9.78 Å². The summed E-state index contributed by atoms with van der Waals surface area (Å²) in [6, 6.07) is 12.2. The first-order valence-electron chi connectivity index (χ1n) is 5.89. The van der Waals surface area contributed by atoms with Crippen LogP contribution in [0.5, 0.6) is 5.75 Å². The minimum Gasteiger partial charge on any atom is -0.508 e. The van der Waals surface area contributed by atoms with E-state index in [1.54, 1.807) is 36.5 Å². The zero-order chi connectivity index (χ0) is 13.5. The molecule has 0 spiro atoms. The number of aromatic nitrogens is 1. The van der Waals surface area contributed by atoms with Crippen LogP contribution in [0.3, 0.4) is 0 Å². The molecule has 0 radical (unpaired) electrons. The second kappa shape index (κ2) is 6.35. The molecule has 0 aliphatic carbocycles. The summed E-state index contributed by atoms with van der Waals surface area (Å²) in [5.74, 6) is 0.0236. The topological polar surface area (TPSA) is 62.2 Å². The van der Waals surface area contributed by atoms with Crippen molar-refractivity contribution in [2.75, 3.05) is 0 Å². The third-order valence-corrected chi connectivity index (χ3v) is 2.49. The van der Waals surface area contributed by atoms with Crippen molar-refractivity contribution in [1.29, 1.82) is 0 Å². The Bertz CT molecular complexity index is 562.